The highest BCUT2D eigenvalue weighted by molar-refractivity contribution is 14.1. The fourth-order valence-corrected chi connectivity index (χ4v) is 1.92. The number of hydrogen-bond acceptors (Lipinski definition) is 2. The van der Waals surface area contributed by atoms with Crippen molar-refractivity contribution in [1.29, 1.82) is 0 Å². The van der Waals surface area contributed by atoms with Crippen LogP contribution in [-0.2, 0) is 0 Å². The van der Waals surface area contributed by atoms with Crippen molar-refractivity contribution in [2.24, 2.45) is 0 Å². The molecular formula is C12H13IN2O. The number of aliphatic hydroxyl groups is 1. The van der Waals surface area contributed by atoms with Gasteiger partial charge in [-0.2, -0.15) is 5.10 Å². The molecule has 2 rings (SSSR count). The van der Waals surface area contributed by atoms with Crippen LogP contribution in [0.1, 0.15) is 25.0 Å². The number of benzene rings is 1. The Kier molecular flexibility index (Phi) is 3.60. The van der Waals surface area contributed by atoms with Crippen LogP contribution >= 0.6 is 22.6 Å². The predicted molar refractivity (Wildman–Crippen MR) is 71.5 cm³/mol. The molecule has 0 saturated carbocycles. The average molecular weight is 328 g/mol. The van der Waals surface area contributed by atoms with Crippen molar-refractivity contribution in [3.63, 3.8) is 0 Å². The van der Waals surface area contributed by atoms with Gasteiger partial charge in [-0.1, -0.05) is 19.1 Å². The number of rotatable bonds is 3. The molecule has 1 aromatic carbocycles. The lowest BCUT2D eigenvalue weighted by molar-refractivity contribution is 0.173. The Morgan fingerprint density at radius 3 is 2.56 bits per heavy atom. The van der Waals surface area contributed by atoms with Crippen LogP contribution in [-0.4, -0.2) is 14.9 Å². The van der Waals surface area contributed by atoms with E-state index in [4.69, 9.17) is 0 Å². The van der Waals surface area contributed by atoms with E-state index in [2.05, 4.69) is 27.7 Å². The van der Waals surface area contributed by atoms with Gasteiger partial charge in [0.05, 0.1) is 21.6 Å². The van der Waals surface area contributed by atoms with Crippen LogP contribution in [0.5, 0.6) is 0 Å². The van der Waals surface area contributed by atoms with Crippen LogP contribution in [0.15, 0.2) is 36.7 Å². The molecule has 0 fully saturated rings. The summed E-state index contributed by atoms with van der Waals surface area (Å²) in [6.45, 7) is 1.97. The standard InChI is InChI=1S/C12H13IN2O/c1-2-12(16)9-3-5-11(6-4-9)15-8-10(13)7-14-15/h3-8,12,16H,2H2,1H3. The van der Waals surface area contributed by atoms with E-state index < -0.39 is 0 Å². The second kappa shape index (κ2) is 4.97. The lowest BCUT2D eigenvalue weighted by Crippen LogP contribution is -1.97. The van der Waals surface area contributed by atoms with Crippen LogP contribution in [0, 0.1) is 3.57 Å². The lowest BCUT2D eigenvalue weighted by atomic mass is 10.1. The second-order valence-electron chi connectivity index (χ2n) is 3.62. The molecule has 1 atom stereocenters. The van der Waals surface area contributed by atoms with Gasteiger partial charge in [-0.25, -0.2) is 4.68 Å². The summed E-state index contributed by atoms with van der Waals surface area (Å²) in [5, 5.41) is 13.9. The molecule has 0 aliphatic rings. The van der Waals surface area contributed by atoms with Crippen LogP contribution in [0.25, 0.3) is 5.69 Å². The molecule has 0 aliphatic heterocycles. The number of aliphatic hydroxyl groups excluding tert-OH is 1. The first-order valence-corrected chi connectivity index (χ1v) is 6.27. The summed E-state index contributed by atoms with van der Waals surface area (Å²) in [4.78, 5) is 0. The third-order valence-corrected chi connectivity index (χ3v) is 3.04. The Bertz CT molecular complexity index is 464. The molecule has 0 spiro atoms. The zero-order valence-electron chi connectivity index (χ0n) is 8.97. The van der Waals surface area contributed by atoms with E-state index >= 15 is 0 Å². The zero-order valence-corrected chi connectivity index (χ0v) is 11.1. The van der Waals surface area contributed by atoms with Crippen molar-refractivity contribution in [2.75, 3.05) is 0 Å². The molecule has 1 unspecified atom stereocenters. The van der Waals surface area contributed by atoms with E-state index in [9.17, 15) is 5.11 Å². The summed E-state index contributed by atoms with van der Waals surface area (Å²) >= 11 is 2.23. The third-order valence-electron chi connectivity index (χ3n) is 2.48. The van der Waals surface area contributed by atoms with Crippen LogP contribution in [0.4, 0.5) is 0 Å². The van der Waals surface area contributed by atoms with Gasteiger partial charge in [0.2, 0.25) is 0 Å². The molecule has 0 radical (unpaired) electrons. The second-order valence-corrected chi connectivity index (χ2v) is 4.86. The highest BCUT2D eigenvalue weighted by Gasteiger charge is 2.05. The van der Waals surface area contributed by atoms with E-state index in [1.807, 2.05) is 48.3 Å². The van der Waals surface area contributed by atoms with Crippen LogP contribution < -0.4 is 0 Å². The van der Waals surface area contributed by atoms with Gasteiger partial charge in [-0.3, -0.25) is 0 Å². The summed E-state index contributed by atoms with van der Waals surface area (Å²) in [7, 11) is 0. The fraction of sp³-hybridized carbons (Fsp3) is 0.250. The Morgan fingerprint density at radius 1 is 1.38 bits per heavy atom. The summed E-state index contributed by atoms with van der Waals surface area (Å²) in [5.41, 5.74) is 1.96. The SMILES string of the molecule is CCC(O)c1ccc(-n2cc(I)cn2)cc1. The Hall–Kier alpha value is -0.880. The molecule has 0 saturated heterocycles. The van der Waals surface area contributed by atoms with Gasteiger partial charge in [-0.05, 0) is 46.7 Å². The molecule has 1 heterocycles. The lowest BCUT2D eigenvalue weighted by Gasteiger charge is -2.08. The molecule has 1 N–H and O–H groups in total. The van der Waals surface area contributed by atoms with E-state index in [-0.39, 0.29) is 6.10 Å². The molecule has 84 valence electrons. The molecule has 2 aromatic rings. The minimum Gasteiger partial charge on any atom is -0.388 e. The molecule has 0 aliphatic carbocycles. The van der Waals surface area contributed by atoms with Gasteiger partial charge in [0, 0.05) is 6.20 Å². The fourth-order valence-electron chi connectivity index (χ4n) is 1.53. The summed E-state index contributed by atoms with van der Waals surface area (Å²) in [6.07, 6.45) is 4.15. The van der Waals surface area contributed by atoms with Crippen molar-refractivity contribution in [3.05, 3.63) is 45.8 Å². The minimum atomic E-state index is -0.369. The van der Waals surface area contributed by atoms with Crippen molar-refractivity contribution in [1.82, 2.24) is 9.78 Å². The number of halogens is 1. The van der Waals surface area contributed by atoms with Gasteiger partial charge in [0.15, 0.2) is 0 Å². The van der Waals surface area contributed by atoms with Gasteiger partial charge < -0.3 is 5.11 Å². The molecule has 16 heavy (non-hydrogen) atoms. The van der Waals surface area contributed by atoms with E-state index in [0.29, 0.717) is 0 Å². The smallest absolute Gasteiger partial charge is 0.0787 e. The highest BCUT2D eigenvalue weighted by atomic mass is 127. The quantitative estimate of drug-likeness (QED) is 0.880. The maximum absolute atomic E-state index is 9.67. The minimum absolute atomic E-state index is 0.369. The average Bonchev–Trinajstić information content (AvgIpc) is 2.75. The topological polar surface area (TPSA) is 38.0 Å². The highest BCUT2D eigenvalue weighted by Crippen LogP contribution is 2.18. The monoisotopic (exact) mass is 328 g/mol. The Morgan fingerprint density at radius 2 is 2.06 bits per heavy atom. The van der Waals surface area contributed by atoms with Crippen molar-refractivity contribution in [2.45, 2.75) is 19.4 Å². The number of nitrogens with zero attached hydrogens (tertiary/aromatic N) is 2. The van der Waals surface area contributed by atoms with Crippen molar-refractivity contribution in [3.8, 4) is 5.69 Å². The summed E-state index contributed by atoms with van der Waals surface area (Å²) in [6, 6.07) is 7.82. The molecule has 4 heteroatoms. The van der Waals surface area contributed by atoms with Gasteiger partial charge in [0.1, 0.15) is 0 Å². The van der Waals surface area contributed by atoms with Gasteiger partial charge in [0.25, 0.3) is 0 Å². The van der Waals surface area contributed by atoms with E-state index in [1.165, 1.54) is 0 Å². The molecular weight excluding hydrogens is 315 g/mol. The molecule has 3 nitrogen and oxygen atoms in total. The summed E-state index contributed by atoms with van der Waals surface area (Å²) < 4.78 is 2.93. The predicted octanol–water partition coefficient (Wildman–Crippen LogP) is 2.92. The van der Waals surface area contributed by atoms with E-state index in [0.717, 1.165) is 21.2 Å². The van der Waals surface area contributed by atoms with Crippen LogP contribution in [0.2, 0.25) is 0 Å². The first-order valence-electron chi connectivity index (χ1n) is 5.19. The van der Waals surface area contributed by atoms with Crippen molar-refractivity contribution < 1.29 is 5.11 Å². The Balaban J connectivity index is 2.25. The van der Waals surface area contributed by atoms with E-state index in [1.54, 1.807) is 0 Å². The molecule has 0 bridgehead atoms. The first kappa shape index (κ1) is 11.6. The first-order chi connectivity index (χ1) is 7.70. The summed E-state index contributed by atoms with van der Waals surface area (Å²) in [5.74, 6) is 0. The van der Waals surface area contributed by atoms with Gasteiger partial charge >= 0.3 is 0 Å². The zero-order chi connectivity index (χ0) is 11.5. The van der Waals surface area contributed by atoms with Gasteiger partial charge in [-0.15, -0.1) is 0 Å². The normalized spacial score (nSPS) is 12.7. The maximum atomic E-state index is 9.67. The Labute approximate surface area is 108 Å². The van der Waals surface area contributed by atoms with Crippen molar-refractivity contribution >= 4 is 22.6 Å². The molecule has 0 amide bonds. The molecule has 1 aromatic heterocycles. The number of hydrogen-bond donors (Lipinski definition) is 1. The largest absolute Gasteiger partial charge is 0.388 e. The number of aromatic nitrogens is 2. The maximum Gasteiger partial charge on any atom is 0.0787 e. The van der Waals surface area contributed by atoms with Crippen LogP contribution in [0.3, 0.4) is 0 Å². The third kappa shape index (κ3) is 2.44.